The van der Waals surface area contributed by atoms with E-state index >= 15 is 0 Å². The van der Waals surface area contributed by atoms with Gasteiger partial charge >= 0.3 is 0 Å². The molecule has 3 aliphatic heterocycles. The van der Waals surface area contributed by atoms with Gasteiger partial charge in [0.15, 0.2) is 0 Å². The number of anilines is 2. The Labute approximate surface area is 335 Å². The van der Waals surface area contributed by atoms with Gasteiger partial charge in [-0.1, -0.05) is 84.9 Å². The van der Waals surface area contributed by atoms with Gasteiger partial charge in [-0.3, -0.25) is 4.79 Å². The van der Waals surface area contributed by atoms with Crippen LogP contribution in [0.25, 0.3) is 6.08 Å². The second-order valence-electron chi connectivity index (χ2n) is 15.1. The highest BCUT2D eigenvalue weighted by Crippen LogP contribution is 2.41. The van der Waals surface area contributed by atoms with E-state index in [4.69, 9.17) is 0 Å². The zero-order chi connectivity index (χ0) is 39.1. The summed E-state index contributed by atoms with van der Waals surface area (Å²) in [5.41, 5.74) is 10.5. The Morgan fingerprint density at radius 1 is 0.509 bits per heavy atom. The number of amides is 1. The summed E-state index contributed by atoms with van der Waals surface area (Å²) in [4.78, 5) is 19.2. The van der Waals surface area contributed by atoms with Gasteiger partial charge in [-0.2, -0.15) is 0 Å². The normalized spacial score (nSPS) is 17.6. The Kier molecular flexibility index (Phi) is 11.3. The fourth-order valence-corrected chi connectivity index (χ4v) is 8.57. The van der Waals surface area contributed by atoms with E-state index in [-0.39, 0.29) is 23.7 Å². The van der Waals surface area contributed by atoms with Crippen molar-refractivity contribution < 1.29 is 20.1 Å². The Hall–Kier alpha value is -6.47. The molecule has 3 aliphatic rings. The number of aromatic hydroxyl groups is 3. The number of phenolic OH excluding ortho intramolecular Hbond substituents is 3. The van der Waals surface area contributed by atoms with Crippen LogP contribution in [0.3, 0.4) is 0 Å². The molecule has 0 spiro atoms. The lowest BCUT2D eigenvalue weighted by Crippen LogP contribution is -2.36. The SMILES string of the molecule is O=C(/C=C/c1ccc(C2c3ccc(O)cc3CCN2c2ccccc2)cc1)N1CCCCC1.Oc1ccc(C2c3ccc(O)cc3CCN2c2ccccc2)cc1. The molecule has 7 nitrogen and oxygen atoms in total. The lowest BCUT2D eigenvalue weighted by atomic mass is 9.87. The molecular formula is C50H49N3O4. The highest BCUT2D eigenvalue weighted by molar-refractivity contribution is 5.91. The molecule has 6 aromatic rings. The molecule has 0 aliphatic carbocycles. The van der Waals surface area contributed by atoms with E-state index in [2.05, 4.69) is 88.7 Å². The molecule has 3 heterocycles. The van der Waals surface area contributed by atoms with Gasteiger partial charge in [-0.15, -0.1) is 0 Å². The minimum atomic E-state index is 0.0670. The predicted octanol–water partition coefficient (Wildman–Crippen LogP) is 9.82. The summed E-state index contributed by atoms with van der Waals surface area (Å²) in [5.74, 6) is 1.01. The maximum atomic E-state index is 12.5. The molecule has 1 fully saturated rings. The molecule has 9 rings (SSSR count). The Bertz CT molecular complexity index is 2300. The number of piperidine rings is 1. The van der Waals surface area contributed by atoms with Gasteiger partial charge in [0.2, 0.25) is 5.91 Å². The maximum absolute atomic E-state index is 12.5. The lowest BCUT2D eigenvalue weighted by Gasteiger charge is -2.39. The molecule has 1 saturated heterocycles. The van der Waals surface area contributed by atoms with E-state index in [1.165, 1.54) is 45.6 Å². The fraction of sp³-hybridized carbons (Fsp3) is 0.220. The molecule has 2 atom stereocenters. The maximum Gasteiger partial charge on any atom is 0.246 e. The van der Waals surface area contributed by atoms with E-state index in [0.717, 1.165) is 63.0 Å². The monoisotopic (exact) mass is 755 g/mol. The average Bonchev–Trinajstić information content (AvgIpc) is 3.26. The predicted molar refractivity (Wildman–Crippen MR) is 229 cm³/mol. The van der Waals surface area contributed by atoms with Gasteiger partial charge in [-0.05, 0) is 138 Å². The van der Waals surface area contributed by atoms with Crippen LogP contribution in [0.15, 0.2) is 152 Å². The van der Waals surface area contributed by atoms with Crippen molar-refractivity contribution in [3.63, 3.8) is 0 Å². The largest absolute Gasteiger partial charge is 0.508 e. The van der Waals surface area contributed by atoms with E-state index in [9.17, 15) is 20.1 Å². The second kappa shape index (κ2) is 17.1. The van der Waals surface area contributed by atoms with Crippen LogP contribution in [0, 0.1) is 0 Å². The first kappa shape index (κ1) is 37.5. The fourth-order valence-electron chi connectivity index (χ4n) is 8.57. The Morgan fingerprint density at radius 2 is 0.965 bits per heavy atom. The van der Waals surface area contributed by atoms with Crippen LogP contribution in [-0.4, -0.2) is 52.3 Å². The molecule has 0 radical (unpaired) electrons. The van der Waals surface area contributed by atoms with Crippen LogP contribution in [0.1, 0.15) is 70.3 Å². The number of benzene rings is 6. The summed E-state index contributed by atoms with van der Waals surface area (Å²) in [6.07, 6.45) is 8.85. The molecule has 1 amide bonds. The quantitative estimate of drug-likeness (QED) is 0.147. The average molecular weight is 756 g/mol. The van der Waals surface area contributed by atoms with E-state index < -0.39 is 0 Å². The number of rotatable bonds is 6. The molecule has 57 heavy (non-hydrogen) atoms. The van der Waals surface area contributed by atoms with Crippen molar-refractivity contribution in [2.75, 3.05) is 36.0 Å². The van der Waals surface area contributed by atoms with Crippen LogP contribution in [-0.2, 0) is 17.6 Å². The number of hydrogen-bond acceptors (Lipinski definition) is 6. The lowest BCUT2D eigenvalue weighted by molar-refractivity contribution is -0.126. The number of carbonyl (C=O) groups is 1. The summed E-state index contributed by atoms with van der Waals surface area (Å²) in [5, 5.41) is 29.5. The number of phenols is 3. The number of likely N-dealkylation sites (tertiary alicyclic amines) is 1. The smallest absolute Gasteiger partial charge is 0.246 e. The number of hydrogen-bond donors (Lipinski definition) is 3. The van der Waals surface area contributed by atoms with Crippen LogP contribution >= 0.6 is 0 Å². The van der Waals surface area contributed by atoms with Crippen LogP contribution in [0.2, 0.25) is 0 Å². The van der Waals surface area contributed by atoms with Crippen molar-refractivity contribution in [1.29, 1.82) is 0 Å². The van der Waals surface area contributed by atoms with Crippen LogP contribution in [0.4, 0.5) is 11.4 Å². The van der Waals surface area contributed by atoms with Crippen molar-refractivity contribution in [2.24, 2.45) is 0 Å². The first-order chi connectivity index (χ1) is 27.9. The first-order valence-corrected chi connectivity index (χ1v) is 20.0. The standard InChI is InChI=1S/C29H30N2O2.C21H19NO2/c32-26-14-15-27-24(21-26)17-20-31(25-7-3-1-4-8-25)29(27)23-12-9-22(10-13-23)11-16-28(33)30-18-5-2-6-19-30;23-18-8-6-15(7-9-18)21-20-11-10-19(24)14-16(20)12-13-22(21)17-4-2-1-3-5-17/h1,3-4,7-16,21,29,32H,2,5-6,17-20H2;1-11,14,21,23-24H,12-13H2/b16-11+;. The zero-order valence-electron chi connectivity index (χ0n) is 32.1. The molecule has 288 valence electrons. The van der Waals surface area contributed by atoms with Gasteiger partial charge in [-0.25, -0.2) is 0 Å². The van der Waals surface area contributed by atoms with Crippen LogP contribution < -0.4 is 9.80 Å². The summed E-state index contributed by atoms with van der Waals surface area (Å²) in [7, 11) is 0. The molecule has 0 saturated carbocycles. The molecule has 6 aromatic carbocycles. The number of nitrogens with zero attached hydrogens (tertiary/aromatic N) is 3. The minimum Gasteiger partial charge on any atom is -0.508 e. The highest BCUT2D eigenvalue weighted by atomic mass is 16.3. The molecule has 7 heteroatoms. The highest BCUT2D eigenvalue weighted by Gasteiger charge is 2.30. The number of para-hydroxylation sites is 2. The summed E-state index contributed by atoms with van der Waals surface area (Å²) in [6.45, 7) is 3.51. The van der Waals surface area contributed by atoms with Gasteiger partial charge in [0.25, 0.3) is 0 Å². The summed E-state index contributed by atoms with van der Waals surface area (Å²) in [6, 6.07) is 48.3. The molecule has 0 bridgehead atoms. The topological polar surface area (TPSA) is 87.5 Å². The Morgan fingerprint density at radius 3 is 1.46 bits per heavy atom. The van der Waals surface area contributed by atoms with Gasteiger partial charge in [0, 0.05) is 43.6 Å². The van der Waals surface area contributed by atoms with Crippen LogP contribution in [0.5, 0.6) is 17.2 Å². The Balaban J connectivity index is 0.000000168. The second-order valence-corrected chi connectivity index (χ2v) is 15.1. The van der Waals surface area contributed by atoms with E-state index in [1.807, 2.05) is 53.4 Å². The van der Waals surface area contributed by atoms with Gasteiger partial charge in [0.1, 0.15) is 17.2 Å². The van der Waals surface area contributed by atoms with Crippen molar-refractivity contribution in [1.82, 2.24) is 4.90 Å². The molecule has 3 N–H and O–H groups in total. The van der Waals surface area contributed by atoms with Crippen molar-refractivity contribution in [3.8, 4) is 17.2 Å². The minimum absolute atomic E-state index is 0.0670. The van der Waals surface area contributed by atoms with Gasteiger partial charge in [0.05, 0.1) is 12.1 Å². The number of carbonyl (C=O) groups excluding carboxylic acids is 1. The number of fused-ring (bicyclic) bond motifs is 2. The molecular weight excluding hydrogens is 707 g/mol. The van der Waals surface area contributed by atoms with E-state index in [0.29, 0.717) is 11.5 Å². The first-order valence-electron chi connectivity index (χ1n) is 20.0. The molecule has 2 unspecified atom stereocenters. The third-order valence-corrected chi connectivity index (χ3v) is 11.4. The third kappa shape index (κ3) is 8.53. The summed E-state index contributed by atoms with van der Waals surface area (Å²) >= 11 is 0. The van der Waals surface area contributed by atoms with Crippen molar-refractivity contribution in [2.45, 2.75) is 44.2 Å². The zero-order valence-corrected chi connectivity index (χ0v) is 32.1. The summed E-state index contributed by atoms with van der Waals surface area (Å²) < 4.78 is 0. The van der Waals surface area contributed by atoms with Crippen molar-refractivity contribution >= 4 is 23.4 Å². The molecule has 0 aromatic heterocycles. The third-order valence-electron chi connectivity index (χ3n) is 11.4. The van der Waals surface area contributed by atoms with Crippen molar-refractivity contribution in [3.05, 3.63) is 191 Å². The van der Waals surface area contributed by atoms with Gasteiger partial charge < -0.3 is 30.0 Å². The van der Waals surface area contributed by atoms with E-state index in [1.54, 1.807) is 30.3 Å².